The molecule has 2 aromatic rings. The molecular formula is C21H26ClN5O2. The monoisotopic (exact) mass is 415 g/mol. The van der Waals surface area contributed by atoms with Crippen LogP contribution in [0.3, 0.4) is 0 Å². The van der Waals surface area contributed by atoms with Crippen LogP contribution in [0.15, 0.2) is 41.5 Å². The van der Waals surface area contributed by atoms with E-state index in [1.54, 1.807) is 41.6 Å². The maximum atomic E-state index is 12.6. The Labute approximate surface area is 175 Å². The SMILES string of the molecule is CC(C)N(C)c1cnn(C2CCCN(C(=O)C=Cc3ccc(Cl)nc3)C2)c(=O)c1. The number of nitrogens with zero attached hydrogens (tertiary/aromatic N) is 5. The van der Waals surface area contributed by atoms with Gasteiger partial charge in [-0.3, -0.25) is 9.59 Å². The minimum absolute atomic E-state index is 0.0890. The van der Waals surface area contributed by atoms with Crippen LogP contribution in [0.5, 0.6) is 0 Å². The molecule has 2 aromatic heterocycles. The van der Waals surface area contributed by atoms with Crippen LogP contribution in [0.1, 0.15) is 38.3 Å². The second-order valence-electron chi connectivity index (χ2n) is 7.53. The van der Waals surface area contributed by atoms with Crippen LogP contribution in [0, 0.1) is 0 Å². The predicted octanol–water partition coefficient (Wildman–Crippen LogP) is 3.01. The van der Waals surface area contributed by atoms with E-state index in [1.165, 1.54) is 10.8 Å². The summed E-state index contributed by atoms with van der Waals surface area (Å²) >= 11 is 5.78. The third-order valence-corrected chi connectivity index (χ3v) is 5.44. The predicted molar refractivity (Wildman–Crippen MR) is 115 cm³/mol. The second-order valence-corrected chi connectivity index (χ2v) is 7.92. The molecule has 0 radical (unpaired) electrons. The molecule has 1 saturated heterocycles. The van der Waals surface area contributed by atoms with E-state index in [9.17, 15) is 9.59 Å². The number of rotatable bonds is 5. The molecule has 8 heteroatoms. The maximum absolute atomic E-state index is 12.6. The van der Waals surface area contributed by atoms with Gasteiger partial charge in [-0.05, 0) is 44.4 Å². The molecule has 29 heavy (non-hydrogen) atoms. The Morgan fingerprint density at radius 1 is 1.34 bits per heavy atom. The molecule has 0 bridgehead atoms. The van der Waals surface area contributed by atoms with Gasteiger partial charge in [-0.25, -0.2) is 9.67 Å². The number of aromatic nitrogens is 3. The second kappa shape index (κ2) is 9.22. The van der Waals surface area contributed by atoms with Crippen LogP contribution in [-0.4, -0.2) is 51.8 Å². The first-order valence-electron chi connectivity index (χ1n) is 9.75. The lowest BCUT2D eigenvalue weighted by molar-refractivity contribution is -0.127. The lowest BCUT2D eigenvalue weighted by Crippen LogP contribution is -2.43. The molecular weight excluding hydrogens is 390 g/mol. The van der Waals surface area contributed by atoms with E-state index >= 15 is 0 Å². The lowest BCUT2D eigenvalue weighted by Gasteiger charge is -2.32. The van der Waals surface area contributed by atoms with Crippen molar-refractivity contribution in [2.45, 2.75) is 38.8 Å². The Bertz CT molecular complexity index is 939. The first-order valence-corrected chi connectivity index (χ1v) is 10.1. The number of pyridine rings is 1. The minimum Gasteiger partial charge on any atom is -0.371 e. The third-order valence-electron chi connectivity index (χ3n) is 5.22. The van der Waals surface area contributed by atoms with E-state index in [0.29, 0.717) is 18.2 Å². The van der Waals surface area contributed by atoms with Gasteiger partial charge in [0, 0.05) is 44.5 Å². The topological polar surface area (TPSA) is 71.3 Å². The summed E-state index contributed by atoms with van der Waals surface area (Å²) in [6.07, 6.45) is 8.23. The molecule has 1 atom stereocenters. The van der Waals surface area contributed by atoms with Gasteiger partial charge in [0.2, 0.25) is 5.91 Å². The van der Waals surface area contributed by atoms with Crippen molar-refractivity contribution in [1.82, 2.24) is 19.7 Å². The van der Waals surface area contributed by atoms with Gasteiger partial charge in [0.1, 0.15) is 5.15 Å². The summed E-state index contributed by atoms with van der Waals surface area (Å²) in [7, 11) is 1.94. The van der Waals surface area contributed by atoms with Gasteiger partial charge in [-0.1, -0.05) is 17.7 Å². The van der Waals surface area contributed by atoms with E-state index in [2.05, 4.69) is 23.9 Å². The Morgan fingerprint density at radius 2 is 2.14 bits per heavy atom. The number of halogens is 1. The van der Waals surface area contributed by atoms with E-state index < -0.39 is 0 Å². The fourth-order valence-electron chi connectivity index (χ4n) is 3.29. The van der Waals surface area contributed by atoms with Crippen molar-refractivity contribution in [2.75, 3.05) is 25.0 Å². The zero-order chi connectivity index (χ0) is 21.0. The highest BCUT2D eigenvalue weighted by atomic mass is 35.5. The number of carbonyl (C=O) groups excluding carboxylic acids is 1. The quantitative estimate of drug-likeness (QED) is 0.554. The average Bonchev–Trinajstić information content (AvgIpc) is 2.72. The van der Waals surface area contributed by atoms with Crippen LogP contribution < -0.4 is 10.5 Å². The lowest BCUT2D eigenvalue weighted by atomic mass is 10.1. The first-order chi connectivity index (χ1) is 13.8. The number of carbonyl (C=O) groups is 1. The summed E-state index contributed by atoms with van der Waals surface area (Å²) < 4.78 is 1.50. The minimum atomic E-state index is -0.142. The zero-order valence-corrected chi connectivity index (χ0v) is 17.7. The molecule has 1 fully saturated rings. The number of amides is 1. The van der Waals surface area contributed by atoms with Crippen molar-refractivity contribution in [1.29, 1.82) is 0 Å². The van der Waals surface area contributed by atoms with Crippen LogP contribution in [0.2, 0.25) is 5.15 Å². The molecule has 154 valence electrons. The van der Waals surface area contributed by atoms with Crippen molar-refractivity contribution < 1.29 is 4.79 Å². The number of hydrogen-bond donors (Lipinski definition) is 0. The summed E-state index contributed by atoms with van der Waals surface area (Å²) in [6.45, 7) is 5.25. The highest BCUT2D eigenvalue weighted by Crippen LogP contribution is 2.21. The van der Waals surface area contributed by atoms with Gasteiger partial charge in [-0.15, -0.1) is 0 Å². The van der Waals surface area contributed by atoms with E-state index in [0.717, 1.165) is 24.1 Å². The Morgan fingerprint density at radius 3 is 2.79 bits per heavy atom. The van der Waals surface area contributed by atoms with Crippen LogP contribution in [-0.2, 0) is 4.79 Å². The standard InChI is InChI=1S/C21H26ClN5O2/c1-15(2)25(3)18-11-21(29)27(24-13-18)17-5-4-10-26(14-17)20(28)9-7-16-6-8-19(22)23-12-16/h6-9,11-13,15,17H,4-5,10,14H2,1-3H3. The molecule has 1 amide bonds. The van der Waals surface area contributed by atoms with Crippen LogP contribution >= 0.6 is 11.6 Å². The number of likely N-dealkylation sites (tertiary alicyclic amines) is 1. The van der Waals surface area contributed by atoms with Crippen molar-refractivity contribution in [3.8, 4) is 0 Å². The normalized spacial score (nSPS) is 17.1. The summed E-state index contributed by atoms with van der Waals surface area (Å²) in [5.74, 6) is -0.0890. The molecule has 0 N–H and O–H groups in total. The van der Waals surface area contributed by atoms with Gasteiger partial charge in [0.15, 0.2) is 0 Å². The van der Waals surface area contributed by atoms with Crippen LogP contribution in [0.4, 0.5) is 5.69 Å². The summed E-state index contributed by atoms with van der Waals surface area (Å²) in [5, 5.41) is 4.80. The molecule has 3 heterocycles. The Kier molecular flexibility index (Phi) is 6.69. The van der Waals surface area contributed by atoms with Crippen LogP contribution in [0.25, 0.3) is 6.08 Å². The first kappa shape index (κ1) is 21.0. The molecule has 0 saturated carbocycles. The summed E-state index contributed by atoms with van der Waals surface area (Å²) in [6, 6.07) is 5.25. The molecule has 1 unspecified atom stereocenters. The smallest absolute Gasteiger partial charge is 0.269 e. The van der Waals surface area contributed by atoms with Gasteiger partial charge in [-0.2, -0.15) is 5.10 Å². The average molecular weight is 416 g/mol. The van der Waals surface area contributed by atoms with Crippen molar-refractivity contribution in [3.05, 3.63) is 57.7 Å². The maximum Gasteiger partial charge on any atom is 0.269 e. The van der Waals surface area contributed by atoms with Crippen molar-refractivity contribution in [3.63, 3.8) is 0 Å². The van der Waals surface area contributed by atoms with Gasteiger partial charge >= 0.3 is 0 Å². The van der Waals surface area contributed by atoms with Crippen molar-refractivity contribution >= 4 is 29.3 Å². The molecule has 0 aromatic carbocycles. The van der Waals surface area contributed by atoms with Gasteiger partial charge in [0.05, 0.1) is 17.9 Å². The van der Waals surface area contributed by atoms with Gasteiger partial charge < -0.3 is 9.80 Å². The Balaban J connectivity index is 1.69. The molecule has 0 spiro atoms. The third kappa shape index (κ3) is 5.23. The van der Waals surface area contributed by atoms with E-state index in [-0.39, 0.29) is 23.6 Å². The highest BCUT2D eigenvalue weighted by Gasteiger charge is 2.25. The molecule has 7 nitrogen and oxygen atoms in total. The largest absolute Gasteiger partial charge is 0.371 e. The fraction of sp³-hybridized carbons (Fsp3) is 0.429. The highest BCUT2D eigenvalue weighted by molar-refractivity contribution is 6.29. The molecule has 0 aliphatic carbocycles. The summed E-state index contributed by atoms with van der Waals surface area (Å²) in [5.41, 5.74) is 1.46. The summed E-state index contributed by atoms with van der Waals surface area (Å²) in [4.78, 5) is 33.0. The van der Waals surface area contributed by atoms with Gasteiger partial charge in [0.25, 0.3) is 5.56 Å². The van der Waals surface area contributed by atoms with E-state index in [1.807, 2.05) is 11.9 Å². The molecule has 1 aliphatic rings. The number of anilines is 1. The number of hydrogen-bond acceptors (Lipinski definition) is 5. The molecule has 3 rings (SSSR count). The number of piperidine rings is 1. The van der Waals surface area contributed by atoms with Crippen molar-refractivity contribution in [2.24, 2.45) is 0 Å². The van der Waals surface area contributed by atoms with E-state index in [4.69, 9.17) is 11.6 Å². The zero-order valence-electron chi connectivity index (χ0n) is 17.0. The molecule has 1 aliphatic heterocycles. The Hall–Kier alpha value is -2.67. The fourth-order valence-corrected chi connectivity index (χ4v) is 3.40.